The van der Waals surface area contributed by atoms with Gasteiger partial charge in [0.2, 0.25) is 0 Å². The molecule has 19 heavy (non-hydrogen) atoms. The smallest absolute Gasteiger partial charge is 0.308 e. The van der Waals surface area contributed by atoms with E-state index in [0.717, 1.165) is 24.3 Å². The molecule has 0 bridgehead atoms. The minimum Gasteiger partial charge on any atom is -0.308 e. The molecule has 0 atom stereocenters. The van der Waals surface area contributed by atoms with Crippen LogP contribution in [0, 0.1) is 0 Å². The molecule has 2 aromatic carbocycles. The van der Waals surface area contributed by atoms with E-state index in [1.54, 1.807) is 4.90 Å². The second-order valence-electron chi connectivity index (χ2n) is 4.83. The summed E-state index contributed by atoms with van der Waals surface area (Å²) in [6.45, 7) is 0.747. The highest BCUT2D eigenvalue weighted by Gasteiger charge is 2.23. The molecule has 3 nitrogen and oxygen atoms in total. The molecule has 0 aromatic heterocycles. The standard InChI is InChI=1S/C15H15BN2O/c16-12-5-7-13(8-6-12)17-15(19)18-10-9-11-3-1-2-4-14(11)18/h1-8H,9-10,16H2,(H,17,19). The van der Waals surface area contributed by atoms with Gasteiger partial charge in [-0.25, -0.2) is 4.79 Å². The largest absolute Gasteiger partial charge is 0.326 e. The number of carbonyl (C=O) groups is 1. The molecule has 0 fully saturated rings. The summed E-state index contributed by atoms with van der Waals surface area (Å²) in [5.74, 6) is 0. The molecular formula is C15H15BN2O. The number of benzene rings is 2. The third-order valence-corrected chi connectivity index (χ3v) is 3.44. The molecule has 1 aliphatic heterocycles. The monoisotopic (exact) mass is 250 g/mol. The van der Waals surface area contributed by atoms with Crippen molar-refractivity contribution in [3.63, 3.8) is 0 Å². The zero-order chi connectivity index (χ0) is 13.2. The minimum absolute atomic E-state index is 0.0613. The van der Waals surface area contributed by atoms with E-state index in [-0.39, 0.29) is 6.03 Å². The highest BCUT2D eigenvalue weighted by atomic mass is 16.2. The number of amides is 2. The fraction of sp³-hybridized carbons (Fsp3) is 0.133. The first-order valence-corrected chi connectivity index (χ1v) is 6.47. The van der Waals surface area contributed by atoms with E-state index >= 15 is 0 Å². The Morgan fingerprint density at radius 2 is 1.84 bits per heavy atom. The van der Waals surface area contributed by atoms with Gasteiger partial charge in [-0.05, 0) is 30.2 Å². The molecule has 0 spiro atoms. The van der Waals surface area contributed by atoms with Crippen molar-refractivity contribution in [2.24, 2.45) is 0 Å². The lowest BCUT2D eigenvalue weighted by Crippen LogP contribution is -2.33. The van der Waals surface area contributed by atoms with Gasteiger partial charge in [-0.2, -0.15) is 0 Å². The lowest BCUT2D eigenvalue weighted by Gasteiger charge is -2.18. The summed E-state index contributed by atoms with van der Waals surface area (Å²) in [5, 5.41) is 2.94. The van der Waals surface area contributed by atoms with Crippen LogP contribution < -0.4 is 15.7 Å². The van der Waals surface area contributed by atoms with Crippen LogP contribution in [-0.2, 0) is 6.42 Å². The number of hydrogen-bond donors (Lipinski definition) is 1. The summed E-state index contributed by atoms with van der Waals surface area (Å²) in [7, 11) is 2.03. The molecule has 4 heteroatoms. The van der Waals surface area contributed by atoms with Crippen LogP contribution in [0.15, 0.2) is 48.5 Å². The Hall–Kier alpha value is -2.23. The number of hydrogen-bond acceptors (Lipinski definition) is 1. The molecule has 1 heterocycles. The van der Waals surface area contributed by atoms with Gasteiger partial charge in [-0.15, -0.1) is 0 Å². The van der Waals surface area contributed by atoms with Crippen LogP contribution in [0.4, 0.5) is 16.2 Å². The molecule has 2 amide bonds. The van der Waals surface area contributed by atoms with Crippen molar-refractivity contribution < 1.29 is 4.79 Å². The minimum atomic E-state index is -0.0613. The number of rotatable bonds is 1. The molecule has 3 rings (SSSR count). The average molecular weight is 250 g/mol. The molecule has 0 unspecified atom stereocenters. The first-order chi connectivity index (χ1) is 9.24. The first kappa shape index (κ1) is 11.8. The van der Waals surface area contributed by atoms with Gasteiger partial charge in [-0.3, -0.25) is 4.90 Å². The second kappa shape index (κ2) is 4.80. The third-order valence-electron chi connectivity index (χ3n) is 3.44. The zero-order valence-electron chi connectivity index (χ0n) is 10.9. The molecule has 0 saturated carbocycles. The number of carbonyl (C=O) groups excluding carboxylic acids is 1. The summed E-state index contributed by atoms with van der Waals surface area (Å²) < 4.78 is 0. The van der Waals surface area contributed by atoms with Gasteiger partial charge in [0.05, 0.1) is 0 Å². The number of fused-ring (bicyclic) bond motifs is 1. The quantitative estimate of drug-likeness (QED) is 0.765. The van der Waals surface area contributed by atoms with Gasteiger partial charge >= 0.3 is 6.03 Å². The van der Waals surface area contributed by atoms with E-state index in [1.807, 2.05) is 50.3 Å². The van der Waals surface area contributed by atoms with Gasteiger partial charge in [0, 0.05) is 17.9 Å². The Kier molecular flexibility index (Phi) is 2.99. The molecule has 0 saturated heterocycles. The van der Waals surface area contributed by atoms with E-state index in [0.29, 0.717) is 0 Å². The number of anilines is 2. The third kappa shape index (κ3) is 2.34. The van der Waals surface area contributed by atoms with Gasteiger partial charge in [0.1, 0.15) is 7.85 Å². The Morgan fingerprint density at radius 1 is 1.11 bits per heavy atom. The lowest BCUT2D eigenvalue weighted by molar-refractivity contribution is 0.257. The van der Waals surface area contributed by atoms with Crippen LogP contribution in [0.5, 0.6) is 0 Å². The van der Waals surface area contributed by atoms with Crippen LogP contribution in [0.1, 0.15) is 5.56 Å². The predicted octanol–water partition coefficient (Wildman–Crippen LogP) is 1.54. The summed E-state index contributed by atoms with van der Waals surface area (Å²) in [4.78, 5) is 14.1. The van der Waals surface area contributed by atoms with E-state index in [1.165, 1.54) is 11.0 Å². The summed E-state index contributed by atoms with van der Waals surface area (Å²) in [6.07, 6.45) is 0.928. The van der Waals surface area contributed by atoms with Crippen LogP contribution >= 0.6 is 0 Å². The van der Waals surface area contributed by atoms with Crippen molar-refractivity contribution in [3.8, 4) is 0 Å². The number of nitrogens with zero attached hydrogens (tertiary/aromatic N) is 1. The molecule has 94 valence electrons. The predicted molar refractivity (Wildman–Crippen MR) is 81.1 cm³/mol. The molecule has 2 aromatic rings. The maximum atomic E-state index is 12.3. The average Bonchev–Trinajstić information content (AvgIpc) is 2.85. The van der Waals surface area contributed by atoms with E-state index in [2.05, 4.69) is 11.4 Å². The molecular weight excluding hydrogens is 235 g/mol. The molecule has 0 aliphatic carbocycles. The van der Waals surface area contributed by atoms with Crippen LogP contribution in [-0.4, -0.2) is 20.4 Å². The Labute approximate surface area is 113 Å². The number of para-hydroxylation sites is 1. The van der Waals surface area contributed by atoms with Gasteiger partial charge in [-0.1, -0.05) is 35.8 Å². The van der Waals surface area contributed by atoms with Crippen molar-refractivity contribution in [1.82, 2.24) is 0 Å². The van der Waals surface area contributed by atoms with Gasteiger partial charge in [0.15, 0.2) is 0 Å². The van der Waals surface area contributed by atoms with Crippen molar-refractivity contribution >= 4 is 30.7 Å². The molecule has 1 N–H and O–H groups in total. The number of nitrogens with one attached hydrogen (secondary N) is 1. The van der Waals surface area contributed by atoms with Crippen molar-refractivity contribution in [2.75, 3.05) is 16.8 Å². The van der Waals surface area contributed by atoms with Crippen molar-refractivity contribution in [3.05, 3.63) is 54.1 Å². The first-order valence-electron chi connectivity index (χ1n) is 6.47. The highest BCUT2D eigenvalue weighted by molar-refractivity contribution is 6.32. The Bertz CT molecular complexity index is 610. The summed E-state index contributed by atoms with van der Waals surface area (Å²) in [6, 6.07) is 15.8. The van der Waals surface area contributed by atoms with E-state index in [4.69, 9.17) is 0 Å². The SMILES string of the molecule is Bc1ccc(NC(=O)N2CCc3ccccc32)cc1. The fourth-order valence-electron chi connectivity index (χ4n) is 2.38. The molecule has 1 aliphatic rings. The fourth-order valence-corrected chi connectivity index (χ4v) is 2.38. The molecule has 0 radical (unpaired) electrons. The normalized spacial score (nSPS) is 13.2. The summed E-state index contributed by atoms with van der Waals surface area (Å²) >= 11 is 0. The van der Waals surface area contributed by atoms with Crippen molar-refractivity contribution in [1.29, 1.82) is 0 Å². The Morgan fingerprint density at radius 3 is 2.63 bits per heavy atom. The summed E-state index contributed by atoms with van der Waals surface area (Å²) in [5.41, 5.74) is 4.28. The van der Waals surface area contributed by atoms with Crippen LogP contribution in [0.2, 0.25) is 0 Å². The van der Waals surface area contributed by atoms with E-state index in [9.17, 15) is 4.79 Å². The Balaban J connectivity index is 1.77. The number of urea groups is 1. The maximum absolute atomic E-state index is 12.3. The van der Waals surface area contributed by atoms with Crippen LogP contribution in [0.3, 0.4) is 0 Å². The topological polar surface area (TPSA) is 32.3 Å². The van der Waals surface area contributed by atoms with Gasteiger partial charge in [0.25, 0.3) is 0 Å². The van der Waals surface area contributed by atoms with Crippen molar-refractivity contribution in [2.45, 2.75) is 6.42 Å². The maximum Gasteiger partial charge on any atom is 0.326 e. The van der Waals surface area contributed by atoms with Crippen LogP contribution in [0.25, 0.3) is 0 Å². The second-order valence-corrected chi connectivity index (χ2v) is 4.83. The van der Waals surface area contributed by atoms with E-state index < -0.39 is 0 Å². The van der Waals surface area contributed by atoms with Gasteiger partial charge < -0.3 is 5.32 Å². The lowest BCUT2D eigenvalue weighted by atomic mass is 9.96. The highest BCUT2D eigenvalue weighted by Crippen LogP contribution is 2.27. The zero-order valence-corrected chi connectivity index (χ0v) is 10.9.